The molecular formula is C12H6BrCl2IN2O. The second kappa shape index (κ2) is 6.39. The van der Waals surface area contributed by atoms with E-state index in [1.165, 1.54) is 12.3 Å². The summed E-state index contributed by atoms with van der Waals surface area (Å²) in [5.74, 6) is -0.297. The van der Waals surface area contributed by atoms with Gasteiger partial charge in [0, 0.05) is 14.2 Å². The summed E-state index contributed by atoms with van der Waals surface area (Å²) in [5, 5.41) is 3.20. The molecule has 7 heteroatoms. The first kappa shape index (κ1) is 15.0. The molecule has 2 aromatic rings. The van der Waals surface area contributed by atoms with E-state index in [1.807, 2.05) is 18.2 Å². The molecule has 0 atom stereocenters. The van der Waals surface area contributed by atoms with Crippen LogP contribution in [-0.4, -0.2) is 10.9 Å². The number of anilines is 1. The topological polar surface area (TPSA) is 42.0 Å². The van der Waals surface area contributed by atoms with Gasteiger partial charge in [-0.1, -0.05) is 23.2 Å². The van der Waals surface area contributed by atoms with E-state index in [-0.39, 0.29) is 16.1 Å². The van der Waals surface area contributed by atoms with Crippen LogP contribution in [0.1, 0.15) is 10.4 Å². The predicted molar refractivity (Wildman–Crippen MR) is 89.1 cm³/mol. The molecule has 0 saturated carbocycles. The van der Waals surface area contributed by atoms with Crippen LogP contribution < -0.4 is 5.32 Å². The van der Waals surface area contributed by atoms with Crippen molar-refractivity contribution in [1.82, 2.24) is 4.98 Å². The number of carbonyl (C=O) groups is 1. The maximum absolute atomic E-state index is 12.1. The highest BCUT2D eigenvalue weighted by molar-refractivity contribution is 14.1. The first-order chi connectivity index (χ1) is 8.97. The number of carbonyl (C=O) groups excluding carboxylic acids is 1. The Labute approximate surface area is 142 Å². The normalized spacial score (nSPS) is 10.3. The zero-order valence-electron chi connectivity index (χ0n) is 9.25. The van der Waals surface area contributed by atoms with E-state index < -0.39 is 0 Å². The Bertz CT molecular complexity index is 652. The highest BCUT2D eigenvalue weighted by atomic mass is 127. The summed E-state index contributed by atoms with van der Waals surface area (Å²) in [6.45, 7) is 0. The number of benzene rings is 1. The lowest BCUT2D eigenvalue weighted by atomic mass is 10.2. The molecule has 3 nitrogen and oxygen atoms in total. The van der Waals surface area contributed by atoms with Crippen LogP contribution in [0.5, 0.6) is 0 Å². The van der Waals surface area contributed by atoms with Crippen LogP contribution in [0.2, 0.25) is 10.2 Å². The molecule has 1 aromatic heterocycles. The lowest BCUT2D eigenvalue weighted by molar-refractivity contribution is 0.102. The van der Waals surface area contributed by atoms with E-state index in [1.54, 1.807) is 0 Å². The predicted octanol–water partition coefficient (Wildman–Crippen LogP) is 5.01. The number of aromatic nitrogens is 1. The van der Waals surface area contributed by atoms with Crippen molar-refractivity contribution in [3.8, 4) is 0 Å². The Kier molecular flexibility index (Phi) is 5.05. The van der Waals surface area contributed by atoms with Gasteiger partial charge < -0.3 is 5.32 Å². The molecule has 1 aromatic carbocycles. The van der Waals surface area contributed by atoms with Crippen LogP contribution in [0.4, 0.5) is 5.69 Å². The number of pyridine rings is 1. The average molecular weight is 472 g/mol. The molecule has 1 N–H and O–H groups in total. The molecule has 1 amide bonds. The lowest BCUT2D eigenvalue weighted by Crippen LogP contribution is -2.12. The van der Waals surface area contributed by atoms with Gasteiger partial charge >= 0.3 is 0 Å². The third kappa shape index (κ3) is 3.81. The Morgan fingerprint density at radius 3 is 2.74 bits per heavy atom. The van der Waals surface area contributed by atoms with Gasteiger partial charge in [-0.05, 0) is 62.8 Å². The number of rotatable bonds is 2. The average Bonchev–Trinajstić information content (AvgIpc) is 2.37. The van der Waals surface area contributed by atoms with Gasteiger partial charge in [0.05, 0.1) is 16.3 Å². The Morgan fingerprint density at radius 1 is 1.32 bits per heavy atom. The highest BCUT2D eigenvalue weighted by Gasteiger charge is 2.11. The minimum absolute atomic E-state index is 0.175. The van der Waals surface area contributed by atoms with Gasteiger partial charge in [-0.15, -0.1) is 0 Å². The summed E-state index contributed by atoms with van der Waals surface area (Å²) in [5.41, 5.74) is 1.03. The van der Waals surface area contributed by atoms with Gasteiger partial charge in [0.2, 0.25) is 0 Å². The summed E-state index contributed by atoms with van der Waals surface area (Å²) in [4.78, 5) is 15.9. The molecule has 0 aliphatic rings. The van der Waals surface area contributed by atoms with Crippen LogP contribution >= 0.6 is 61.7 Å². The van der Waals surface area contributed by atoms with Crippen LogP contribution in [0.15, 0.2) is 34.9 Å². The van der Waals surface area contributed by atoms with Gasteiger partial charge in [0.15, 0.2) is 0 Å². The standard InChI is InChI=1S/C12H6BrCl2IN2O/c13-8-2-1-7(16)4-10(8)18-12(19)6-3-9(14)11(15)17-5-6/h1-5H,(H,18,19). The number of hydrogen-bond donors (Lipinski definition) is 1. The molecule has 0 bridgehead atoms. The summed E-state index contributed by atoms with van der Waals surface area (Å²) in [7, 11) is 0. The van der Waals surface area contributed by atoms with Gasteiger partial charge in [-0.25, -0.2) is 4.98 Å². The van der Waals surface area contributed by atoms with E-state index in [4.69, 9.17) is 23.2 Å². The molecule has 1 heterocycles. The third-order valence-corrected chi connectivity index (χ3v) is 4.28. The monoisotopic (exact) mass is 470 g/mol. The van der Waals surface area contributed by atoms with Gasteiger partial charge in [0.1, 0.15) is 5.15 Å². The fourth-order valence-electron chi connectivity index (χ4n) is 1.33. The molecule has 0 radical (unpaired) electrons. The molecule has 19 heavy (non-hydrogen) atoms. The second-order valence-corrected chi connectivity index (χ2v) is 6.44. The number of nitrogens with zero attached hydrogens (tertiary/aromatic N) is 1. The van der Waals surface area contributed by atoms with Gasteiger partial charge in [-0.3, -0.25) is 4.79 Å². The summed E-state index contributed by atoms with van der Waals surface area (Å²) in [6.07, 6.45) is 1.38. The van der Waals surface area contributed by atoms with Crippen LogP contribution in [-0.2, 0) is 0 Å². The summed E-state index contributed by atoms with van der Waals surface area (Å²) >= 11 is 17.1. The molecule has 0 aliphatic carbocycles. The molecule has 0 aliphatic heterocycles. The van der Waals surface area contributed by atoms with Crippen molar-refractivity contribution in [1.29, 1.82) is 0 Å². The Balaban J connectivity index is 2.25. The SMILES string of the molecule is O=C(Nc1cc(I)ccc1Br)c1cnc(Cl)c(Cl)c1. The van der Waals surface area contributed by atoms with Crippen molar-refractivity contribution in [3.63, 3.8) is 0 Å². The van der Waals surface area contributed by atoms with E-state index >= 15 is 0 Å². The first-order valence-corrected chi connectivity index (χ1v) is 7.67. The maximum atomic E-state index is 12.1. The van der Waals surface area contributed by atoms with Crippen LogP contribution in [0.25, 0.3) is 0 Å². The third-order valence-electron chi connectivity index (χ3n) is 2.24. The minimum atomic E-state index is -0.297. The molecule has 0 fully saturated rings. The number of nitrogens with one attached hydrogen (secondary N) is 1. The minimum Gasteiger partial charge on any atom is -0.321 e. The quantitative estimate of drug-likeness (QED) is 0.494. The highest BCUT2D eigenvalue weighted by Crippen LogP contribution is 2.25. The molecule has 98 valence electrons. The van der Waals surface area contributed by atoms with E-state index in [2.05, 4.69) is 48.8 Å². The van der Waals surface area contributed by atoms with Crippen molar-refractivity contribution in [2.75, 3.05) is 5.32 Å². The molecule has 0 unspecified atom stereocenters. The van der Waals surface area contributed by atoms with Crippen LogP contribution in [0, 0.1) is 3.57 Å². The smallest absolute Gasteiger partial charge is 0.257 e. The zero-order valence-corrected chi connectivity index (χ0v) is 14.5. The van der Waals surface area contributed by atoms with E-state index in [0.29, 0.717) is 11.3 Å². The van der Waals surface area contributed by atoms with Crippen molar-refractivity contribution in [2.24, 2.45) is 0 Å². The Morgan fingerprint density at radius 2 is 2.05 bits per heavy atom. The lowest BCUT2D eigenvalue weighted by Gasteiger charge is -2.08. The number of hydrogen-bond acceptors (Lipinski definition) is 2. The van der Waals surface area contributed by atoms with Crippen LogP contribution in [0.3, 0.4) is 0 Å². The van der Waals surface area contributed by atoms with E-state index in [0.717, 1.165) is 8.04 Å². The molecular weight excluding hydrogens is 466 g/mol. The number of halogens is 4. The molecule has 2 rings (SSSR count). The number of amides is 1. The van der Waals surface area contributed by atoms with Gasteiger partial charge in [-0.2, -0.15) is 0 Å². The van der Waals surface area contributed by atoms with Crippen molar-refractivity contribution in [3.05, 3.63) is 54.2 Å². The molecule has 0 saturated heterocycles. The van der Waals surface area contributed by atoms with E-state index in [9.17, 15) is 4.79 Å². The summed E-state index contributed by atoms with van der Waals surface area (Å²) in [6, 6.07) is 7.13. The molecule has 0 spiro atoms. The fraction of sp³-hybridized carbons (Fsp3) is 0. The maximum Gasteiger partial charge on any atom is 0.257 e. The Hall–Kier alpha value is -0.370. The van der Waals surface area contributed by atoms with Crippen molar-refractivity contribution >= 4 is 73.3 Å². The van der Waals surface area contributed by atoms with Crippen molar-refractivity contribution < 1.29 is 4.79 Å². The van der Waals surface area contributed by atoms with Crippen molar-refractivity contribution in [2.45, 2.75) is 0 Å². The fourth-order valence-corrected chi connectivity index (χ4v) is 2.44. The second-order valence-electron chi connectivity index (χ2n) is 3.57. The zero-order chi connectivity index (χ0) is 14.0. The first-order valence-electron chi connectivity index (χ1n) is 5.05. The summed E-state index contributed by atoms with van der Waals surface area (Å²) < 4.78 is 1.82. The largest absolute Gasteiger partial charge is 0.321 e. The van der Waals surface area contributed by atoms with Gasteiger partial charge in [0.25, 0.3) is 5.91 Å².